The van der Waals surface area contributed by atoms with Crippen LogP contribution in [0.5, 0.6) is 0 Å². The zero-order valence-electron chi connectivity index (χ0n) is 14.8. The lowest BCUT2D eigenvalue weighted by atomic mass is 9.87. The van der Waals surface area contributed by atoms with Gasteiger partial charge in [-0.2, -0.15) is 13.2 Å². The Kier molecular flexibility index (Phi) is 4.78. The van der Waals surface area contributed by atoms with Crippen LogP contribution in [0.3, 0.4) is 0 Å². The molecule has 1 aromatic carbocycles. The molecule has 0 saturated carbocycles. The Hall–Kier alpha value is -2.58. The average molecular weight is 371 g/mol. The van der Waals surface area contributed by atoms with Gasteiger partial charge in [0.1, 0.15) is 12.1 Å². The largest absolute Gasteiger partial charge is 0.416 e. The minimum atomic E-state index is -4.69. The lowest BCUT2D eigenvalue weighted by molar-refractivity contribution is -0.140. The van der Waals surface area contributed by atoms with Gasteiger partial charge < -0.3 is 10.6 Å². The van der Waals surface area contributed by atoms with Crippen LogP contribution in [-0.2, 0) is 21.3 Å². The van der Waals surface area contributed by atoms with Gasteiger partial charge >= 0.3 is 12.2 Å². The number of amides is 4. The Morgan fingerprint density at radius 3 is 2.31 bits per heavy atom. The van der Waals surface area contributed by atoms with E-state index in [1.807, 2.05) is 0 Å². The highest BCUT2D eigenvalue weighted by molar-refractivity contribution is 6.09. The van der Waals surface area contributed by atoms with Crippen LogP contribution in [0.15, 0.2) is 24.3 Å². The topological polar surface area (TPSA) is 78.5 Å². The minimum Gasteiger partial charge on any atom is -0.350 e. The predicted molar refractivity (Wildman–Crippen MR) is 86.9 cm³/mol. The van der Waals surface area contributed by atoms with Crippen molar-refractivity contribution in [3.8, 4) is 0 Å². The van der Waals surface area contributed by atoms with Gasteiger partial charge in [-0.05, 0) is 39.3 Å². The van der Waals surface area contributed by atoms with E-state index >= 15 is 0 Å². The zero-order chi connectivity index (χ0) is 19.9. The summed E-state index contributed by atoms with van der Waals surface area (Å²) in [7, 11) is 0. The smallest absolute Gasteiger partial charge is 0.350 e. The maximum Gasteiger partial charge on any atom is 0.416 e. The van der Waals surface area contributed by atoms with Gasteiger partial charge in [-0.3, -0.25) is 14.5 Å². The van der Waals surface area contributed by atoms with Gasteiger partial charge in [0, 0.05) is 5.54 Å². The quantitative estimate of drug-likeness (QED) is 0.801. The SMILES string of the molecule is CC(C)(C)NC(=O)CN1C(=O)NC(C)(c2ccccc2C(F)(F)F)C1=O. The second kappa shape index (κ2) is 6.30. The summed E-state index contributed by atoms with van der Waals surface area (Å²) >= 11 is 0. The molecule has 1 aliphatic heterocycles. The molecule has 2 N–H and O–H groups in total. The fourth-order valence-electron chi connectivity index (χ4n) is 2.79. The van der Waals surface area contributed by atoms with E-state index < -0.39 is 47.2 Å². The highest BCUT2D eigenvalue weighted by Crippen LogP contribution is 2.39. The first kappa shape index (κ1) is 19.7. The Labute approximate surface area is 148 Å². The molecule has 0 spiro atoms. The summed E-state index contributed by atoms with van der Waals surface area (Å²) in [4.78, 5) is 37.5. The first-order chi connectivity index (χ1) is 11.8. The highest BCUT2D eigenvalue weighted by Gasteiger charge is 2.52. The van der Waals surface area contributed by atoms with E-state index in [0.717, 1.165) is 12.1 Å². The number of hydrogen-bond donors (Lipinski definition) is 2. The molecule has 9 heteroatoms. The summed E-state index contributed by atoms with van der Waals surface area (Å²) in [5.74, 6) is -1.50. The molecule has 1 atom stereocenters. The summed E-state index contributed by atoms with van der Waals surface area (Å²) in [5.41, 5.74) is -3.88. The number of nitrogens with zero attached hydrogens (tertiary/aromatic N) is 1. The van der Waals surface area contributed by atoms with Gasteiger partial charge in [-0.25, -0.2) is 4.79 Å². The zero-order valence-corrected chi connectivity index (χ0v) is 14.8. The number of carbonyl (C=O) groups excluding carboxylic acids is 3. The molecule has 4 amide bonds. The van der Waals surface area contributed by atoms with Crippen LogP contribution in [0.1, 0.15) is 38.8 Å². The Morgan fingerprint density at radius 2 is 1.77 bits per heavy atom. The third-order valence-corrected chi connectivity index (χ3v) is 3.86. The van der Waals surface area contributed by atoms with Crippen molar-refractivity contribution in [3.05, 3.63) is 35.4 Å². The Balaban J connectivity index is 2.35. The second-order valence-electron chi connectivity index (χ2n) is 7.29. The normalized spacial score (nSPS) is 21.0. The van der Waals surface area contributed by atoms with Crippen LogP contribution in [0, 0.1) is 0 Å². The monoisotopic (exact) mass is 371 g/mol. The first-order valence-corrected chi connectivity index (χ1v) is 7.87. The van der Waals surface area contributed by atoms with Crippen molar-refractivity contribution in [2.75, 3.05) is 6.54 Å². The molecule has 0 radical (unpaired) electrons. The van der Waals surface area contributed by atoms with Crippen molar-refractivity contribution < 1.29 is 27.6 Å². The molecule has 2 rings (SSSR count). The van der Waals surface area contributed by atoms with Crippen LogP contribution >= 0.6 is 0 Å². The molecule has 142 valence electrons. The fraction of sp³-hybridized carbons (Fsp3) is 0.471. The molecule has 0 aromatic heterocycles. The van der Waals surface area contributed by atoms with Crippen molar-refractivity contribution in [1.29, 1.82) is 0 Å². The number of urea groups is 1. The Bertz CT molecular complexity index is 756. The number of rotatable bonds is 3. The van der Waals surface area contributed by atoms with E-state index in [0.29, 0.717) is 4.90 Å². The average Bonchev–Trinajstić information content (AvgIpc) is 2.69. The number of alkyl halides is 3. The summed E-state index contributed by atoms with van der Waals surface area (Å²) in [5, 5.41) is 4.88. The molecule has 1 heterocycles. The molecule has 1 fully saturated rings. The van der Waals surface area contributed by atoms with E-state index in [9.17, 15) is 27.6 Å². The molecular formula is C17H20F3N3O3. The van der Waals surface area contributed by atoms with Crippen molar-refractivity contribution in [2.45, 2.75) is 44.9 Å². The van der Waals surface area contributed by atoms with Gasteiger partial charge in [-0.1, -0.05) is 18.2 Å². The first-order valence-electron chi connectivity index (χ1n) is 7.87. The summed E-state index contributed by atoms with van der Waals surface area (Å²) in [6.45, 7) is 5.78. The number of imide groups is 1. The molecule has 1 unspecified atom stereocenters. The number of hydrogen-bond acceptors (Lipinski definition) is 3. The van der Waals surface area contributed by atoms with Crippen LogP contribution in [0.2, 0.25) is 0 Å². The maximum absolute atomic E-state index is 13.3. The molecule has 0 bridgehead atoms. The number of carbonyl (C=O) groups is 3. The predicted octanol–water partition coefficient (Wildman–Crippen LogP) is 2.39. The van der Waals surface area contributed by atoms with Crippen LogP contribution < -0.4 is 10.6 Å². The van der Waals surface area contributed by atoms with Crippen molar-refractivity contribution in [3.63, 3.8) is 0 Å². The Morgan fingerprint density at radius 1 is 1.19 bits per heavy atom. The van der Waals surface area contributed by atoms with E-state index in [1.165, 1.54) is 19.1 Å². The lowest BCUT2D eigenvalue weighted by Gasteiger charge is -2.26. The molecular weight excluding hydrogens is 351 g/mol. The number of nitrogens with one attached hydrogen (secondary N) is 2. The number of benzene rings is 1. The maximum atomic E-state index is 13.3. The van der Waals surface area contributed by atoms with Gasteiger partial charge in [0.2, 0.25) is 5.91 Å². The second-order valence-corrected chi connectivity index (χ2v) is 7.29. The van der Waals surface area contributed by atoms with Crippen LogP contribution in [-0.4, -0.2) is 34.8 Å². The highest BCUT2D eigenvalue weighted by atomic mass is 19.4. The van der Waals surface area contributed by atoms with E-state index in [4.69, 9.17) is 0 Å². The van der Waals surface area contributed by atoms with Gasteiger partial charge in [0.25, 0.3) is 5.91 Å². The van der Waals surface area contributed by atoms with E-state index in [1.54, 1.807) is 20.8 Å². The molecule has 1 saturated heterocycles. The standard InChI is InChI=1S/C17H20F3N3O3/c1-15(2,3)21-12(24)9-23-13(25)16(4,22-14(23)26)10-7-5-6-8-11(10)17(18,19)20/h5-8H,9H2,1-4H3,(H,21,24)(H,22,26). The third-order valence-electron chi connectivity index (χ3n) is 3.86. The molecule has 1 aliphatic rings. The molecule has 6 nitrogen and oxygen atoms in total. The van der Waals surface area contributed by atoms with Gasteiger partial charge in [0.15, 0.2) is 0 Å². The van der Waals surface area contributed by atoms with E-state index in [-0.39, 0.29) is 5.56 Å². The van der Waals surface area contributed by atoms with Crippen molar-refractivity contribution in [2.24, 2.45) is 0 Å². The van der Waals surface area contributed by atoms with Crippen molar-refractivity contribution in [1.82, 2.24) is 15.5 Å². The van der Waals surface area contributed by atoms with Crippen LogP contribution in [0.25, 0.3) is 0 Å². The summed E-state index contributed by atoms with van der Waals surface area (Å²) in [6.07, 6.45) is -4.69. The van der Waals surface area contributed by atoms with Gasteiger partial charge in [0.05, 0.1) is 5.56 Å². The summed E-state index contributed by atoms with van der Waals surface area (Å²) < 4.78 is 39.9. The lowest BCUT2D eigenvalue weighted by Crippen LogP contribution is -2.48. The molecule has 1 aromatic rings. The van der Waals surface area contributed by atoms with Crippen molar-refractivity contribution >= 4 is 17.8 Å². The fourth-order valence-corrected chi connectivity index (χ4v) is 2.79. The number of halogens is 3. The van der Waals surface area contributed by atoms with Crippen LogP contribution in [0.4, 0.5) is 18.0 Å². The van der Waals surface area contributed by atoms with Gasteiger partial charge in [-0.15, -0.1) is 0 Å². The molecule has 26 heavy (non-hydrogen) atoms. The molecule has 0 aliphatic carbocycles. The minimum absolute atomic E-state index is 0.371. The van der Waals surface area contributed by atoms with E-state index in [2.05, 4.69) is 10.6 Å². The third kappa shape index (κ3) is 3.81. The summed E-state index contributed by atoms with van der Waals surface area (Å²) in [6, 6.07) is 3.61.